The number of aromatic nitrogens is 2. The minimum Gasteiger partial charge on any atom is -0.326 e. The van der Waals surface area contributed by atoms with Gasteiger partial charge in [-0.3, -0.25) is 4.79 Å². The van der Waals surface area contributed by atoms with E-state index in [1.165, 1.54) is 32.1 Å². The van der Waals surface area contributed by atoms with Crippen molar-refractivity contribution in [3.63, 3.8) is 0 Å². The molecule has 0 bridgehead atoms. The van der Waals surface area contributed by atoms with Gasteiger partial charge in [0.15, 0.2) is 0 Å². The molecule has 1 aromatic carbocycles. The summed E-state index contributed by atoms with van der Waals surface area (Å²) in [5.74, 6) is 0.849. The molecule has 3 aromatic rings. The number of carbonyl (C=O) groups excluding carboxylic acids is 1. The predicted molar refractivity (Wildman–Crippen MR) is 105 cm³/mol. The summed E-state index contributed by atoms with van der Waals surface area (Å²) in [6.07, 6.45) is 12.2. The van der Waals surface area contributed by atoms with Gasteiger partial charge in [0.25, 0.3) is 0 Å². The zero-order valence-corrected chi connectivity index (χ0v) is 15.0. The number of nitrogens with zero attached hydrogens (tertiary/aromatic N) is 2. The molecule has 4 rings (SSSR count). The van der Waals surface area contributed by atoms with E-state index in [9.17, 15) is 4.79 Å². The van der Waals surface area contributed by atoms with Crippen molar-refractivity contribution in [1.29, 1.82) is 0 Å². The molecule has 0 atom stereocenters. The molecule has 1 amide bonds. The fourth-order valence-corrected chi connectivity index (χ4v) is 3.86. The van der Waals surface area contributed by atoms with Crippen molar-refractivity contribution in [2.75, 3.05) is 5.32 Å². The topological polar surface area (TPSA) is 46.4 Å². The van der Waals surface area contributed by atoms with Gasteiger partial charge in [-0.1, -0.05) is 50.3 Å². The number of hydrogen-bond acceptors (Lipinski definition) is 2. The van der Waals surface area contributed by atoms with Crippen molar-refractivity contribution < 1.29 is 4.79 Å². The Kier molecular flexibility index (Phi) is 5.00. The highest BCUT2D eigenvalue weighted by atomic mass is 16.1. The second-order valence-corrected chi connectivity index (χ2v) is 7.26. The number of hydrogen-bond donors (Lipinski definition) is 1. The van der Waals surface area contributed by atoms with Gasteiger partial charge in [0.2, 0.25) is 5.91 Å². The summed E-state index contributed by atoms with van der Waals surface area (Å²) in [6.45, 7) is 0. The minimum atomic E-state index is 0.114. The summed E-state index contributed by atoms with van der Waals surface area (Å²) in [6, 6.07) is 13.9. The summed E-state index contributed by atoms with van der Waals surface area (Å²) >= 11 is 0. The Morgan fingerprint density at radius 3 is 2.85 bits per heavy atom. The quantitative estimate of drug-likeness (QED) is 0.681. The normalized spacial score (nSPS) is 15.2. The van der Waals surface area contributed by atoms with E-state index in [2.05, 4.69) is 10.3 Å². The van der Waals surface area contributed by atoms with Crippen LogP contribution in [0.1, 0.15) is 44.9 Å². The Morgan fingerprint density at radius 1 is 1.12 bits per heavy atom. The molecule has 2 aromatic heterocycles. The van der Waals surface area contributed by atoms with Crippen molar-refractivity contribution in [2.24, 2.45) is 5.92 Å². The van der Waals surface area contributed by atoms with Gasteiger partial charge < -0.3 is 9.72 Å². The first-order chi connectivity index (χ1) is 12.8. The maximum atomic E-state index is 12.3. The second kappa shape index (κ2) is 7.73. The summed E-state index contributed by atoms with van der Waals surface area (Å²) in [7, 11) is 0. The Morgan fingerprint density at radius 2 is 2.00 bits per heavy atom. The molecule has 1 N–H and O–H groups in total. The average molecular weight is 347 g/mol. The molecule has 0 spiro atoms. The van der Waals surface area contributed by atoms with Gasteiger partial charge in [-0.05, 0) is 36.6 Å². The lowest BCUT2D eigenvalue weighted by molar-refractivity contribution is -0.116. The third-order valence-electron chi connectivity index (χ3n) is 5.31. The lowest BCUT2D eigenvalue weighted by Gasteiger charge is -2.21. The van der Waals surface area contributed by atoms with Crippen LogP contribution in [0, 0.1) is 5.92 Å². The van der Waals surface area contributed by atoms with Crippen molar-refractivity contribution in [3.8, 4) is 11.3 Å². The fourth-order valence-electron chi connectivity index (χ4n) is 3.86. The Hall–Kier alpha value is -2.62. The van der Waals surface area contributed by atoms with Crippen molar-refractivity contribution in [1.82, 2.24) is 9.38 Å². The maximum absolute atomic E-state index is 12.3. The number of imidazole rings is 1. The molecular weight excluding hydrogens is 322 g/mol. The van der Waals surface area contributed by atoms with E-state index in [-0.39, 0.29) is 5.91 Å². The highest BCUT2D eigenvalue weighted by Crippen LogP contribution is 2.27. The fraction of sp³-hybridized carbons (Fsp3) is 0.364. The van der Waals surface area contributed by atoms with Crippen molar-refractivity contribution >= 4 is 17.2 Å². The van der Waals surface area contributed by atoms with Crippen LogP contribution in [-0.4, -0.2) is 15.3 Å². The molecule has 0 aliphatic heterocycles. The molecule has 1 fully saturated rings. The third-order valence-corrected chi connectivity index (χ3v) is 5.31. The number of pyridine rings is 1. The van der Waals surface area contributed by atoms with Crippen LogP contribution < -0.4 is 5.32 Å². The average Bonchev–Trinajstić information content (AvgIpc) is 3.12. The number of rotatable bonds is 5. The molecule has 26 heavy (non-hydrogen) atoms. The van der Waals surface area contributed by atoms with Crippen LogP contribution in [0.25, 0.3) is 16.9 Å². The molecule has 2 heterocycles. The van der Waals surface area contributed by atoms with Crippen LogP contribution in [0.5, 0.6) is 0 Å². The predicted octanol–water partition coefficient (Wildman–Crippen LogP) is 5.30. The Labute approximate surface area is 154 Å². The molecule has 1 aliphatic carbocycles. The van der Waals surface area contributed by atoms with Crippen LogP contribution in [0.15, 0.2) is 54.9 Å². The highest BCUT2D eigenvalue weighted by Gasteiger charge is 2.15. The van der Waals surface area contributed by atoms with Crippen LogP contribution in [0.3, 0.4) is 0 Å². The standard InChI is InChI=1S/C22H25N3O/c26-22(13-12-17-7-2-1-3-8-17)23-19-10-6-9-18(15-19)20-16-25-14-5-4-11-21(25)24-20/h4-6,9-11,14-17H,1-3,7-8,12-13H2,(H,23,26). The van der Waals surface area contributed by atoms with Gasteiger partial charge in [-0.15, -0.1) is 0 Å². The lowest BCUT2D eigenvalue weighted by Crippen LogP contribution is -2.14. The van der Waals surface area contributed by atoms with E-state index in [1.807, 2.05) is 59.3 Å². The van der Waals surface area contributed by atoms with Gasteiger partial charge in [0, 0.05) is 30.1 Å². The smallest absolute Gasteiger partial charge is 0.224 e. The number of nitrogens with one attached hydrogen (secondary N) is 1. The summed E-state index contributed by atoms with van der Waals surface area (Å²) in [5.41, 5.74) is 3.69. The monoisotopic (exact) mass is 347 g/mol. The highest BCUT2D eigenvalue weighted by molar-refractivity contribution is 5.91. The zero-order valence-electron chi connectivity index (χ0n) is 15.0. The van der Waals surface area contributed by atoms with E-state index >= 15 is 0 Å². The van der Waals surface area contributed by atoms with Crippen LogP contribution in [-0.2, 0) is 4.79 Å². The largest absolute Gasteiger partial charge is 0.326 e. The van der Waals surface area contributed by atoms with E-state index in [1.54, 1.807) is 0 Å². The zero-order chi connectivity index (χ0) is 17.8. The molecular formula is C22H25N3O. The number of anilines is 1. The van der Waals surface area contributed by atoms with Crippen molar-refractivity contribution in [3.05, 3.63) is 54.9 Å². The van der Waals surface area contributed by atoms with E-state index < -0.39 is 0 Å². The molecule has 4 nitrogen and oxygen atoms in total. The Bertz CT molecular complexity index is 860. The number of carbonyl (C=O) groups is 1. The SMILES string of the molecule is O=C(CCC1CCCCC1)Nc1cccc(-c2cn3ccccc3n2)c1. The minimum absolute atomic E-state index is 0.114. The third kappa shape index (κ3) is 3.96. The van der Waals surface area contributed by atoms with E-state index in [0.717, 1.165) is 34.9 Å². The number of fused-ring (bicyclic) bond motifs is 1. The molecule has 0 unspecified atom stereocenters. The van der Waals surface area contributed by atoms with Crippen LogP contribution >= 0.6 is 0 Å². The summed E-state index contributed by atoms with van der Waals surface area (Å²) in [5, 5.41) is 3.05. The first-order valence-electron chi connectivity index (χ1n) is 9.62. The second-order valence-electron chi connectivity index (χ2n) is 7.26. The molecule has 4 heteroatoms. The molecule has 1 aliphatic rings. The number of benzene rings is 1. The van der Waals surface area contributed by atoms with Gasteiger partial charge >= 0.3 is 0 Å². The van der Waals surface area contributed by atoms with Crippen molar-refractivity contribution in [2.45, 2.75) is 44.9 Å². The first-order valence-corrected chi connectivity index (χ1v) is 9.62. The van der Waals surface area contributed by atoms with Gasteiger partial charge in [0.05, 0.1) is 5.69 Å². The number of amides is 1. The molecule has 1 saturated carbocycles. The van der Waals surface area contributed by atoms with Crippen LogP contribution in [0.4, 0.5) is 5.69 Å². The van der Waals surface area contributed by atoms with E-state index in [0.29, 0.717) is 6.42 Å². The van der Waals surface area contributed by atoms with E-state index in [4.69, 9.17) is 0 Å². The van der Waals surface area contributed by atoms with Crippen LogP contribution in [0.2, 0.25) is 0 Å². The Balaban J connectivity index is 1.41. The molecule has 0 saturated heterocycles. The van der Waals surface area contributed by atoms with Gasteiger partial charge in [-0.25, -0.2) is 4.98 Å². The summed E-state index contributed by atoms with van der Waals surface area (Å²) < 4.78 is 2.00. The molecule has 134 valence electrons. The molecule has 0 radical (unpaired) electrons. The lowest BCUT2D eigenvalue weighted by atomic mass is 9.86. The van der Waals surface area contributed by atoms with Gasteiger partial charge in [0.1, 0.15) is 5.65 Å². The first kappa shape index (κ1) is 16.8. The maximum Gasteiger partial charge on any atom is 0.224 e. The summed E-state index contributed by atoms with van der Waals surface area (Å²) in [4.78, 5) is 17.0. The van der Waals surface area contributed by atoms with Gasteiger partial charge in [-0.2, -0.15) is 0 Å².